The van der Waals surface area contributed by atoms with E-state index in [0.717, 1.165) is 5.56 Å². The molecule has 3 heterocycles. The summed E-state index contributed by atoms with van der Waals surface area (Å²) in [5.41, 5.74) is 0.396. The molecular formula is C21H26N2O6. The topological polar surface area (TPSA) is 111 Å². The van der Waals surface area contributed by atoms with E-state index in [9.17, 15) is 19.5 Å². The minimum atomic E-state index is -1.27. The molecule has 0 spiro atoms. The molecule has 2 aromatic heterocycles. The third-order valence-corrected chi connectivity index (χ3v) is 5.15. The van der Waals surface area contributed by atoms with Crippen molar-refractivity contribution >= 4 is 5.97 Å². The van der Waals surface area contributed by atoms with E-state index in [0.29, 0.717) is 37.4 Å². The number of carbonyl (C=O) groups is 1. The number of methoxy groups -OCH3 is 1. The first kappa shape index (κ1) is 20.9. The largest absolute Gasteiger partial charge is 0.488 e. The molecule has 29 heavy (non-hydrogen) atoms. The van der Waals surface area contributed by atoms with Gasteiger partial charge in [0.25, 0.3) is 5.56 Å². The molecule has 0 bridgehead atoms. The van der Waals surface area contributed by atoms with Crippen molar-refractivity contribution in [2.24, 2.45) is 5.41 Å². The van der Waals surface area contributed by atoms with Crippen LogP contribution < -0.4 is 15.7 Å². The van der Waals surface area contributed by atoms with E-state index in [2.05, 4.69) is 25.8 Å². The molecule has 0 unspecified atom stereocenters. The summed E-state index contributed by atoms with van der Waals surface area (Å²) in [6, 6.07) is 2.91. The monoisotopic (exact) mass is 402 g/mol. The van der Waals surface area contributed by atoms with E-state index in [1.165, 1.54) is 12.3 Å². The molecule has 0 aliphatic carbocycles. The van der Waals surface area contributed by atoms with Crippen LogP contribution in [-0.4, -0.2) is 41.0 Å². The standard InChI is InChI=1S/C21H26N2O6/c1-21(2,3)17-9-12-8-16(29-7-5-6-28-4)19(25)22-18(12)14-10-15(24)13(20(26)27)11-23(14)17/h8,10-11,17H,5-7,9H2,1-4H3,(H,22,25)(H,26,27)/t17-/m0/s1. The summed E-state index contributed by atoms with van der Waals surface area (Å²) in [6.07, 6.45) is 2.61. The maximum absolute atomic E-state index is 12.5. The zero-order valence-electron chi connectivity index (χ0n) is 17.1. The number of H-pyrrole nitrogens is 1. The van der Waals surface area contributed by atoms with Crippen LogP contribution in [0.15, 0.2) is 27.9 Å². The van der Waals surface area contributed by atoms with E-state index in [-0.39, 0.29) is 22.8 Å². The van der Waals surface area contributed by atoms with Crippen LogP contribution in [-0.2, 0) is 11.2 Å². The molecule has 8 heteroatoms. The zero-order valence-corrected chi connectivity index (χ0v) is 17.1. The van der Waals surface area contributed by atoms with Gasteiger partial charge in [-0.1, -0.05) is 20.8 Å². The van der Waals surface area contributed by atoms with Crippen LogP contribution in [0.1, 0.15) is 49.2 Å². The van der Waals surface area contributed by atoms with E-state index in [1.807, 2.05) is 0 Å². The first-order valence-electron chi connectivity index (χ1n) is 9.51. The Bertz CT molecular complexity index is 1040. The molecule has 0 aromatic carbocycles. The second kappa shape index (κ2) is 7.87. The highest BCUT2D eigenvalue weighted by Gasteiger charge is 2.34. The molecule has 0 radical (unpaired) electrons. The highest BCUT2D eigenvalue weighted by molar-refractivity contribution is 5.87. The summed E-state index contributed by atoms with van der Waals surface area (Å²) >= 11 is 0. The van der Waals surface area contributed by atoms with E-state index in [4.69, 9.17) is 9.47 Å². The fraction of sp³-hybridized carbons (Fsp3) is 0.476. The van der Waals surface area contributed by atoms with Gasteiger partial charge in [-0.05, 0) is 23.5 Å². The molecule has 1 atom stereocenters. The molecule has 8 nitrogen and oxygen atoms in total. The Morgan fingerprint density at radius 1 is 1.28 bits per heavy atom. The molecule has 156 valence electrons. The van der Waals surface area contributed by atoms with Crippen molar-refractivity contribution in [3.63, 3.8) is 0 Å². The fourth-order valence-electron chi connectivity index (χ4n) is 3.63. The summed E-state index contributed by atoms with van der Waals surface area (Å²) in [4.78, 5) is 39.1. The highest BCUT2D eigenvalue weighted by atomic mass is 16.5. The lowest BCUT2D eigenvalue weighted by molar-refractivity contribution is 0.0693. The van der Waals surface area contributed by atoms with Crippen molar-refractivity contribution in [1.29, 1.82) is 0 Å². The number of aromatic carboxylic acids is 1. The normalized spacial score (nSPS) is 15.5. The Morgan fingerprint density at radius 3 is 2.62 bits per heavy atom. The SMILES string of the molecule is COCCCOc1cc2c([nH]c1=O)-c1cc(=O)c(C(=O)O)cn1[C@H](C(C)(C)C)C2. The fourth-order valence-corrected chi connectivity index (χ4v) is 3.63. The Labute approximate surface area is 168 Å². The lowest BCUT2D eigenvalue weighted by Gasteiger charge is -2.38. The van der Waals surface area contributed by atoms with Crippen molar-refractivity contribution in [3.8, 4) is 17.1 Å². The van der Waals surface area contributed by atoms with E-state index < -0.39 is 17.0 Å². The van der Waals surface area contributed by atoms with Gasteiger partial charge in [-0.3, -0.25) is 9.59 Å². The number of ether oxygens (including phenoxy) is 2. The van der Waals surface area contributed by atoms with Crippen LogP contribution in [0, 0.1) is 5.41 Å². The maximum atomic E-state index is 12.5. The van der Waals surface area contributed by atoms with Crippen molar-refractivity contribution in [2.75, 3.05) is 20.3 Å². The number of rotatable bonds is 6. The number of nitrogens with one attached hydrogen (secondary N) is 1. The number of nitrogens with zero attached hydrogens (tertiary/aromatic N) is 1. The highest BCUT2D eigenvalue weighted by Crippen LogP contribution is 2.41. The van der Waals surface area contributed by atoms with Crippen molar-refractivity contribution < 1.29 is 19.4 Å². The first-order chi connectivity index (χ1) is 13.6. The summed E-state index contributed by atoms with van der Waals surface area (Å²) in [5.74, 6) is -1.04. The lowest BCUT2D eigenvalue weighted by atomic mass is 9.80. The van der Waals surface area contributed by atoms with Crippen molar-refractivity contribution in [3.05, 3.63) is 50.0 Å². The van der Waals surface area contributed by atoms with Gasteiger partial charge in [0.05, 0.1) is 18.0 Å². The number of pyridine rings is 2. The number of carboxylic acids is 1. The van der Waals surface area contributed by atoms with Gasteiger partial charge < -0.3 is 24.1 Å². The first-order valence-corrected chi connectivity index (χ1v) is 9.51. The van der Waals surface area contributed by atoms with Crippen molar-refractivity contribution in [1.82, 2.24) is 9.55 Å². The quantitative estimate of drug-likeness (QED) is 0.718. The molecule has 0 fully saturated rings. The Hall–Kier alpha value is -2.87. The van der Waals surface area contributed by atoms with Gasteiger partial charge >= 0.3 is 5.97 Å². The van der Waals surface area contributed by atoms with Gasteiger partial charge in [0.1, 0.15) is 5.56 Å². The summed E-state index contributed by atoms with van der Waals surface area (Å²) in [7, 11) is 1.60. The van der Waals surface area contributed by atoms with E-state index >= 15 is 0 Å². The van der Waals surface area contributed by atoms with Crippen LogP contribution in [0.25, 0.3) is 11.4 Å². The second-order valence-corrected chi connectivity index (χ2v) is 8.29. The number of hydrogen-bond acceptors (Lipinski definition) is 5. The third-order valence-electron chi connectivity index (χ3n) is 5.15. The minimum absolute atomic E-state index is 0.101. The predicted molar refractivity (Wildman–Crippen MR) is 108 cm³/mol. The van der Waals surface area contributed by atoms with Gasteiger partial charge in [0.15, 0.2) is 11.2 Å². The van der Waals surface area contributed by atoms with Crippen LogP contribution in [0.3, 0.4) is 0 Å². The average molecular weight is 402 g/mol. The lowest BCUT2D eigenvalue weighted by Crippen LogP contribution is -2.34. The smallest absolute Gasteiger partial charge is 0.341 e. The number of hydrogen-bond donors (Lipinski definition) is 2. The van der Waals surface area contributed by atoms with Crippen LogP contribution in [0.5, 0.6) is 5.75 Å². The number of fused-ring (bicyclic) bond motifs is 3. The molecule has 2 aromatic rings. The molecule has 0 amide bonds. The molecular weight excluding hydrogens is 376 g/mol. The van der Waals surface area contributed by atoms with Gasteiger partial charge in [0.2, 0.25) is 0 Å². The van der Waals surface area contributed by atoms with Gasteiger partial charge in [-0.25, -0.2) is 4.79 Å². The Morgan fingerprint density at radius 2 is 2.00 bits per heavy atom. The van der Waals surface area contributed by atoms with Crippen molar-refractivity contribution in [2.45, 2.75) is 39.7 Å². The summed E-state index contributed by atoms with van der Waals surface area (Å²) < 4.78 is 12.4. The second-order valence-electron chi connectivity index (χ2n) is 8.29. The van der Waals surface area contributed by atoms with E-state index in [1.54, 1.807) is 17.7 Å². The minimum Gasteiger partial charge on any atom is -0.488 e. The number of aromatic nitrogens is 2. The van der Waals surface area contributed by atoms with Gasteiger partial charge in [0, 0.05) is 38.4 Å². The van der Waals surface area contributed by atoms with Crippen LogP contribution in [0.2, 0.25) is 0 Å². The number of carboxylic acid groups (broad SMARTS) is 1. The van der Waals surface area contributed by atoms with Gasteiger partial charge in [-0.2, -0.15) is 0 Å². The molecule has 1 aliphatic heterocycles. The van der Waals surface area contributed by atoms with Crippen LogP contribution >= 0.6 is 0 Å². The molecule has 0 saturated heterocycles. The number of aromatic amines is 1. The zero-order chi connectivity index (χ0) is 21.3. The summed E-state index contributed by atoms with van der Waals surface area (Å²) in [6.45, 7) is 7.06. The molecule has 0 saturated carbocycles. The third kappa shape index (κ3) is 4.12. The molecule has 3 rings (SSSR count). The molecule has 2 N–H and O–H groups in total. The predicted octanol–water partition coefficient (Wildman–Crippen LogP) is 2.46. The average Bonchev–Trinajstić information content (AvgIpc) is 2.63. The Kier molecular flexibility index (Phi) is 5.66. The molecule has 1 aliphatic rings. The Balaban J connectivity index is 2.12. The van der Waals surface area contributed by atoms with Crippen LogP contribution in [0.4, 0.5) is 0 Å². The van der Waals surface area contributed by atoms with Gasteiger partial charge in [-0.15, -0.1) is 0 Å². The maximum Gasteiger partial charge on any atom is 0.341 e. The summed E-state index contributed by atoms with van der Waals surface area (Å²) in [5, 5.41) is 9.36.